The van der Waals surface area contributed by atoms with E-state index in [9.17, 15) is 4.79 Å². The second kappa shape index (κ2) is 5.71. The van der Waals surface area contributed by atoms with Crippen LogP contribution in [-0.2, 0) is 4.74 Å². The summed E-state index contributed by atoms with van der Waals surface area (Å²) in [5.41, 5.74) is 2.66. The molecule has 1 aromatic carbocycles. The molecule has 3 rings (SSSR count). The Kier molecular flexibility index (Phi) is 3.60. The SMILES string of the molecule is CCOC(=O)c1cc(-c2ccccn2)nc2ccccc12. The van der Waals surface area contributed by atoms with Gasteiger partial charge in [0.25, 0.3) is 0 Å². The van der Waals surface area contributed by atoms with Gasteiger partial charge in [0.15, 0.2) is 0 Å². The number of nitrogens with zero attached hydrogens (tertiary/aromatic N) is 2. The van der Waals surface area contributed by atoms with E-state index in [0.717, 1.165) is 16.6 Å². The van der Waals surface area contributed by atoms with Gasteiger partial charge in [-0.1, -0.05) is 24.3 Å². The third kappa shape index (κ3) is 2.60. The lowest BCUT2D eigenvalue weighted by Gasteiger charge is -2.08. The third-order valence-corrected chi connectivity index (χ3v) is 3.14. The van der Waals surface area contributed by atoms with Gasteiger partial charge in [-0.05, 0) is 31.2 Å². The predicted octanol–water partition coefficient (Wildman–Crippen LogP) is 3.47. The quantitative estimate of drug-likeness (QED) is 0.688. The summed E-state index contributed by atoms with van der Waals surface area (Å²) >= 11 is 0. The van der Waals surface area contributed by atoms with Crippen LogP contribution >= 0.6 is 0 Å². The van der Waals surface area contributed by atoms with Crippen LogP contribution in [0.4, 0.5) is 0 Å². The standard InChI is InChI=1S/C17H14N2O2/c1-2-21-17(20)13-11-16(15-9-5-6-10-18-15)19-14-8-4-3-7-12(13)14/h3-11H,2H2,1H3. The Morgan fingerprint density at radius 1 is 1.10 bits per heavy atom. The number of hydrogen-bond donors (Lipinski definition) is 0. The van der Waals surface area contributed by atoms with Crippen LogP contribution in [0.25, 0.3) is 22.3 Å². The van der Waals surface area contributed by atoms with Crippen molar-refractivity contribution in [2.75, 3.05) is 6.61 Å². The molecule has 0 unspecified atom stereocenters. The van der Waals surface area contributed by atoms with E-state index < -0.39 is 0 Å². The van der Waals surface area contributed by atoms with E-state index in [1.807, 2.05) is 42.5 Å². The number of rotatable bonds is 3. The fourth-order valence-corrected chi connectivity index (χ4v) is 2.20. The van der Waals surface area contributed by atoms with Crippen LogP contribution in [0, 0.1) is 0 Å². The lowest BCUT2D eigenvalue weighted by atomic mass is 10.1. The van der Waals surface area contributed by atoms with Crippen LogP contribution in [-0.4, -0.2) is 22.5 Å². The second-order valence-electron chi connectivity index (χ2n) is 4.51. The summed E-state index contributed by atoms with van der Waals surface area (Å²) in [7, 11) is 0. The zero-order valence-corrected chi connectivity index (χ0v) is 11.6. The van der Waals surface area contributed by atoms with Crippen molar-refractivity contribution in [2.45, 2.75) is 6.92 Å². The number of aromatic nitrogens is 2. The normalized spacial score (nSPS) is 10.5. The number of pyridine rings is 2. The van der Waals surface area contributed by atoms with Crippen molar-refractivity contribution in [1.29, 1.82) is 0 Å². The van der Waals surface area contributed by atoms with Crippen LogP contribution in [0.2, 0.25) is 0 Å². The smallest absolute Gasteiger partial charge is 0.338 e. The molecular weight excluding hydrogens is 264 g/mol. The molecule has 0 saturated carbocycles. The minimum Gasteiger partial charge on any atom is -0.462 e. The predicted molar refractivity (Wildman–Crippen MR) is 80.9 cm³/mol. The minimum absolute atomic E-state index is 0.340. The fraction of sp³-hybridized carbons (Fsp3) is 0.118. The van der Waals surface area contributed by atoms with Crippen molar-refractivity contribution in [3.05, 3.63) is 60.3 Å². The molecule has 0 saturated heterocycles. The average Bonchev–Trinajstić information content (AvgIpc) is 2.55. The highest BCUT2D eigenvalue weighted by Gasteiger charge is 2.14. The van der Waals surface area contributed by atoms with Crippen molar-refractivity contribution >= 4 is 16.9 Å². The fourth-order valence-electron chi connectivity index (χ4n) is 2.20. The molecule has 2 aromatic heterocycles. The van der Waals surface area contributed by atoms with Crippen molar-refractivity contribution in [3.8, 4) is 11.4 Å². The zero-order chi connectivity index (χ0) is 14.7. The number of carbonyl (C=O) groups is 1. The number of fused-ring (bicyclic) bond motifs is 1. The first kappa shape index (κ1) is 13.2. The number of carbonyl (C=O) groups excluding carboxylic acids is 1. The summed E-state index contributed by atoms with van der Waals surface area (Å²) in [5, 5.41) is 0.788. The molecule has 21 heavy (non-hydrogen) atoms. The van der Waals surface area contributed by atoms with Crippen LogP contribution < -0.4 is 0 Å². The van der Waals surface area contributed by atoms with E-state index in [4.69, 9.17) is 4.74 Å². The van der Waals surface area contributed by atoms with Gasteiger partial charge < -0.3 is 4.74 Å². The maximum atomic E-state index is 12.2. The molecule has 4 heteroatoms. The Balaban J connectivity index is 2.22. The zero-order valence-electron chi connectivity index (χ0n) is 11.6. The Morgan fingerprint density at radius 2 is 1.90 bits per heavy atom. The highest BCUT2D eigenvalue weighted by Crippen LogP contribution is 2.24. The lowest BCUT2D eigenvalue weighted by Crippen LogP contribution is -2.06. The summed E-state index contributed by atoms with van der Waals surface area (Å²) < 4.78 is 5.14. The molecule has 0 atom stereocenters. The molecule has 2 heterocycles. The Labute approximate surface area is 122 Å². The molecule has 0 fully saturated rings. The van der Waals surface area contributed by atoms with E-state index in [0.29, 0.717) is 17.9 Å². The average molecular weight is 278 g/mol. The van der Waals surface area contributed by atoms with Gasteiger partial charge in [0.05, 0.1) is 29.1 Å². The first-order valence-corrected chi connectivity index (χ1v) is 6.78. The molecule has 0 aliphatic rings. The van der Waals surface area contributed by atoms with Crippen molar-refractivity contribution in [3.63, 3.8) is 0 Å². The van der Waals surface area contributed by atoms with Gasteiger partial charge in [0.2, 0.25) is 0 Å². The molecule has 0 bridgehead atoms. The number of benzene rings is 1. The highest BCUT2D eigenvalue weighted by atomic mass is 16.5. The van der Waals surface area contributed by atoms with E-state index in [-0.39, 0.29) is 5.97 Å². The minimum atomic E-state index is -0.340. The maximum absolute atomic E-state index is 12.2. The first-order valence-electron chi connectivity index (χ1n) is 6.78. The van der Waals surface area contributed by atoms with Gasteiger partial charge >= 0.3 is 5.97 Å². The van der Waals surface area contributed by atoms with Gasteiger partial charge in [0, 0.05) is 11.6 Å². The third-order valence-electron chi connectivity index (χ3n) is 3.14. The highest BCUT2D eigenvalue weighted by molar-refractivity contribution is 6.04. The molecule has 104 valence electrons. The van der Waals surface area contributed by atoms with Gasteiger partial charge in [-0.2, -0.15) is 0 Å². The summed E-state index contributed by atoms with van der Waals surface area (Å²) in [4.78, 5) is 21.0. The van der Waals surface area contributed by atoms with Gasteiger partial charge in [-0.3, -0.25) is 4.98 Å². The van der Waals surface area contributed by atoms with Gasteiger partial charge in [-0.15, -0.1) is 0 Å². The first-order chi connectivity index (χ1) is 10.3. The van der Waals surface area contributed by atoms with E-state index in [1.54, 1.807) is 19.2 Å². The maximum Gasteiger partial charge on any atom is 0.338 e. The van der Waals surface area contributed by atoms with Crippen LogP contribution in [0.15, 0.2) is 54.7 Å². The Hall–Kier alpha value is -2.75. The topological polar surface area (TPSA) is 52.1 Å². The molecular formula is C17H14N2O2. The molecule has 4 nitrogen and oxygen atoms in total. The molecule has 0 spiro atoms. The summed E-state index contributed by atoms with van der Waals surface area (Å²) in [6.45, 7) is 2.13. The Morgan fingerprint density at radius 3 is 2.67 bits per heavy atom. The van der Waals surface area contributed by atoms with Crippen LogP contribution in [0.3, 0.4) is 0 Å². The number of hydrogen-bond acceptors (Lipinski definition) is 4. The van der Waals surface area contributed by atoms with Crippen molar-refractivity contribution < 1.29 is 9.53 Å². The van der Waals surface area contributed by atoms with E-state index >= 15 is 0 Å². The number of para-hydroxylation sites is 1. The molecule has 3 aromatic rings. The van der Waals surface area contributed by atoms with Crippen molar-refractivity contribution in [2.24, 2.45) is 0 Å². The summed E-state index contributed by atoms with van der Waals surface area (Å²) in [5.74, 6) is -0.340. The monoisotopic (exact) mass is 278 g/mol. The van der Waals surface area contributed by atoms with Crippen LogP contribution in [0.5, 0.6) is 0 Å². The van der Waals surface area contributed by atoms with E-state index in [1.165, 1.54) is 0 Å². The largest absolute Gasteiger partial charge is 0.462 e. The Bertz CT molecular complexity index is 785. The second-order valence-corrected chi connectivity index (χ2v) is 4.51. The molecule has 0 aliphatic heterocycles. The van der Waals surface area contributed by atoms with Crippen molar-refractivity contribution in [1.82, 2.24) is 9.97 Å². The molecule has 0 amide bonds. The number of esters is 1. The van der Waals surface area contributed by atoms with Gasteiger partial charge in [-0.25, -0.2) is 9.78 Å². The molecule has 0 N–H and O–H groups in total. The molecule has 0 aliphatic carbocycles. The lowest BCUT2D eigenvalue weighted by molar-refractivity contribution is 0.0528. The van der Waals surface area contributed by atoms with E-state index in [2.05, 4.69) is 9.97 Å². The molecule has 0 radical (unpaired) electrons. The van der Waals surface area contributed by atoms with Crippen LogP contribution in [0.1, 0.15) is 17.3 Å². The van der Waals surface area contributed by atoms with Gasteiger partial charge in [0.1, 0.15) is 0 Å². The number of ether oxygens (including phenoxy) is 1. The summed E-state index contributed by atoms with van der Waals surface area (Å²) in [6, 6.07) is 14.9. The summed E-state index contributed by atoms with van der Waals surface area (Å²) in [6.07, 6.45) is 1.70.